The summed E-state index contributed by atoms with van der Waals surface area (Å²) in [5.41, 5.74) is 1.55. The minimum absolute atomic E-state index is 0.142. The van der Waals surface area contributed by atoms with Crippen molar-refractivity contribution < 1.29 is 9.13 Å². The molecule has 7 nitrogen and oxygen atoms in total. The summed E-state index contributed by atoms with van der Waals surface area (Å²) in [6.07, 6.45) is 1.03. The second-order valence-corrected chi connectivity index (χ2v) is 7.52. The van der Waals surface area contributed by atoms with Gasteiger partial charge in [-0.05, 0) is 31.2 Å². The Morgan fingerprint density at radius 2 is 2.11 bits per heavy atom. The van der Waals surface area contributed by atoms with Gasteiger partial charge in [-0.25, -0.2) is 9.37 Å². The number of H-pyrrole nitrogens is 1. The molecule has 0 amide bonds. The Labute approximate surface area is 164 Å². The van der Waals surface area contributed by atoms with Crippen molar-refractivity contribution in [3.63, 3.8) is 0 Å². The Morgan fingerprint density at radius 3 is 2.79 bits per heavy atom. The van der Waals surface area contributed by atoms with Crippen molar-refractivity contribution in [2.75, 3.05) is 46.2 Å². The Morgan fingerprint density at radius 1 is 1.32 bits per heavy atom. The molecule has 3 rings (SSSR count). The van der Waals surface area contributed by atoms with Gasteiger partial charge in [-0.15, -0.1) is 0 Å². The lowest BCUT2D eigenvalue weighted by Gasteiger charge is -2.25. The number of methoxy groups -OCH3 is 1. The van der Waals surface area contributed by atoms with Crippen LogP contribution in [0.1, 0.15) is 17.7 Å². The zero-order valence-corrected chi connectivity index (χ0v) is 16.9. The molecule has 8 heteroatoms. The second-order valence-electron chi connectivity index (χ2n) is 7.52. The van der Waals surface area contributed by atoms with Gasteiger partial charge in [0.1, 0.15) is 0 Å². The molecule has 0 aliphatic carbocycles. The quantitative estimate of drug-likeness (QED) is 0.778. The monoisotopic (exact) mass is 389 g/mol. The summed E-state index contributed by atoms with van der Waals surface area (Å²) in [4.78, 5) is 25.4. The fourth-order valence-corrected chi connectivity index (χ4v) is 3.55. The van der Waals surface area contributed by atoms with Crippen molar-refractivity contribution in [3.8, 4) is 5.75 Å². The van der Waals surface area contributed by atoms with Gasteiger partial charge in [0.25, 0.3) is 5.56 Å². The van der Waals surface area contributed by atoms with Crippen molar-refractivity contribution in [2.45, 2.75) is 25.6 Å². The van der Waals surface area contributed by atoms with Crippen LogP contribution in [-0.2, 0) is 13.1 Å². The number of hydrogen-bond acceptors (Lipinski definition) is 6. The van der Waals surface area contributed by atoms with E-state index in [2.05, 4.69) is 26.8 Å². The maximum absolute atomic E-state index is 13.9. The molecule has 1 unspecified atom stereocenters. The molecule has 1 aromatic heterocycles. The van der Waals surface area contributed by atoms with Crippen molar-refractivity contribution in [3.05, 3.63) is 51.7 Å². The van der Waals surface area contributed by atoms with Crippen LogP contribution in [0.15, 0.2) is 29.1 Å². The fourth-order valence-electron chi connectivity index (χ4n) is 3.55. The minimum Gasteiger partial charge on any atom is -0.494 e. The number of hydrogen-bond donors (Lipinski definition) is 1. The molecule has 2 heterocycles. The van der Waals surface area contributed by atoms with Gasteiger partial charge >= 0.3 is 0 Å². The number of likely N-dealkylation sites (tertiary alicyclic amines) is 1. The summed E-state index contributed by atoms with van der Waals surface area (Å²) in [6.45, 7) is 3.17. The third-order valence-electron chi connectivity index (χ3n) is 5.11. The molecular formula is C20H28FN5O2. The lowest BCUT2D eigenvalue weighted by Crippen LogP contribution is -2.34. The molecule has 1 aromatic carbocycles. The molecule has 1 aliphatic heterocycles. The predicted molar refractivity (Wildman–Crippen MR) is 107 cm³/mol. The van der Waals surface area contributed by atoms with E-state index in [4.69, 9.17) is 4.74 Å². The number of benzene rings is 1. The number of nitrogens with zero attached hydrogens (tertiary/aromatic N) is 4. The number of ether oxygens (including phenoxy) is 1. The summed E-state index contributed by atoms with van der Waals surface area (Å²) < 4.78 is 18.9. The van der Waals surface area contributed by atoms with Crippen LogP contribution in [0.5, 0.6) is 5.75 Å². The van der Waals surface area contributed by atoms with E-state index in [0.717, 1.165) is 30.8 Å². The second kappa shape index (κ2) is 8.70. The molecule has 1 atom stereocenters. The molecule has 1 fully saturated rings. The SMILES string of the molecule is COc1ccc(CN2CCC(N(C)Cc3cc(=O)[nH]c(N(C)C)n3)C2)cc1F. The van der Waals surface area contributed by atoms with Gasteiger partial charge < -0.3 is 9.64 Å². The van der Waals surface area contributed by atoms with Gasteiger partial charge in [-0.3, -0.25) is 19.6 Å². The Bertz CT molecular complexity index is 870. The molecule has 0 saturated carbocycles. The molecule has 1 N–H and O–H groups in total. The average Bonchev–Trinajstić information content (AvgIpc) is 3.10. The van der Waals surface area contributed by atoms with Gasteiger partial charge in [-0.1, -0.05) is 6.07 Å². The first-order valence-corrected chi connectivity index (χ1v) is 9.38. The molecule has 1 saturated heterocycles. The normalized spacial score (nSPS) is 17.3. The number of aromatic amines is 1. The van der Waals surface area contributed by atoms with Crippen LogP contribution in [0.25, 0.3) is 0 Å². The molecule has 1 aliphatic rings. The first-order valence-electron chi connectivity index (χ1n) is 9.38. The lowest BCUT2D eigenvalue weighted by molar-refractivity contribution is 0.220. The van der Waals surface area contributed by atoms with Crippen LogP contribution in [0, 0.1) is 5.82 Å². The highest BCUT2D eigenvalue weighted by molar-refractivity contribution is 5.29. The molecule has 0 radical (unpaired) electrons. The first kappa shape index (κ1) is 20.3. The summed E-state index contributed by atoms with van der Waals surface area (Å²) in [7, 11) is 7.22. The van der Waals surface area contributed by atoms with Gasteiger partial charge in [0.05, 0.1) is 12.8 Å². The van der Waals surface area contributed by atoms with Crippen LogP contribution in [0.2, 0.25) is 0 Å². The lowest BCUT2D eigenvalue weighted by atomic mass is 10.2. The Kier molecular flexibility index (Phi) is 6.31. The van der Waals surface area contributed by atoms with Crippen molar-refractivity contribution in [1.29, 1.82) is 0 Å². The van der Waals surface area contributed by atoms with E-state index in [9.17, 15) is 9.18 Å². The highest BCUT2D eigenvalue weighted by Gasteiger charge is 2.26. The van der Waals surface area contributed by atoms with Gasteiger partial charge in [0.2, 0.25) is 5.95 Å². The number of anilines is 1. The average molecular weight is 389 g/mol. The molecule has 0 bridgehead atoms. The zero-order chi connectivity index (χ0) is 20.3. The maximum Gasteiger partial charge on any atom is 0.252 e. The van der Waals surface area contributed by atoms with E-state index in [-0.39, 0.29) is 17.1 Å². The van der Waals surface area contributed by atoms with Gasteiger partial charge in [0.15, 0.2) is 11.6 Å². The third kappa shape index (κ3) is 4.88. The van der Waals surface area contributed by atoms with E-state index in [1.165, 1.54) is 7.11 Å². The molecule has 152 valence electrons. The summed E-state index contributed by atoms with van der Waals surface area (Å²) in [5.74, 6) is 0.501. The van der Waals surface area contributed by atoms with Crippen LogP contribution in [-0.4, -0.2) is 67.2 Å². The first-order chi connectivity index (χ1) is 13.4. The Hall–Kier alpha value is -2.45. The fraction of sp³-hybridized carbons (Fsp3) is 0.500. The third-order valence-corrected chi connectivity index (χ3v) is 5.11. The standard InChI is InChI=1S/C20H28FN5O2/c1-24(2)20-22-15(10-19(27)23-20)12-25(3)16-7-8-26(13-16)11-14-5-6-18(28-4)17(21)9-14/h5-6,9-10,16H,7-8,11-13H2,1-4H3,(H,22,23,27). The Balaban J connectivity index is 1.59. The summed E-state index contributed by atoms with van der Waals surface area (Å²) in [6, 6.07) is 7.04. The van der Waals surface area contributed by atoms with Crippen molar-refractivity contribution in [2.24, 2.45) is 0 Å². The summed E-state index contributed by atoms with van der Waals surface area (Å²) >= 11 is 0. The maximum atomic E-state index is 13.9. The highest BCUT2D eigenvalue weighted by Crippen LogP contribution is 2.22. The van der Waals surface area contributed by atoms with Crippen molar-refractivity contribution in [1.82, 2.24) is 19.8 Å². The van der Waals surface area contributed by atoms with E-state index in [1.54, 1.807) is 23.1 Å². The number of rotatable bonds is 7. The van der Waals surface area contributed by atoms with Crippen LogP contribution in [0.3, 0.4) is 0 Å². The van der Waals surface area contributed by atoms with E-state index in [0.29, 0.717) is 25.1 Å². The van der Waals surface area contributed by atoms with Crippen LogP contribution < -0.4 is 15.2 Å². The van der Waals surface area contributed by atoms with Crippen LogP contribution in [0.4, 0.5) is 10.3 Å². The summed E-state index contributed by atoms with van der Waals surface area (Å²) in [5, 5.41) is 0. The topological polar surface area (TPSA) is 64.7 Å². The predicted octanol–water partition coefficient (Wildman–Crippen LogP) is 1.69. The highest BCUT2D eigenvalue weighted by atomic mass is 19.1. The van der Waals surface area contributed by atoms with Crippen molar-refractivity contribution >= 4 is 5.95 Å². The number of halogens is 1. The number of likely N-dealkylation sites (N-methyl/N-ethyl adjacent to an activating group) is 1. The smallest absolute Gasteiger partial charge is 0.252 e. The molecule has 2 aromatic rings. The van der Waals surface area contributed by atoms with E-state index >= 15 is 0 Å². The zero-order valence-electron chi connectivity index (χ0n) is 16.9. The van der Waals surface area contributed by atoms with Gasteiger partial charge in [0, 0.05) is 52.4 Å². The number of aromatic nitrogens is 2. The molecule has 0 spiro atoms. The minimum atomic E-state index is -0.329. The van der Waals surface area contributed by atoms with Crippen LogP contribution >= 0.6 is 0 Å². The van der Waals surface area contributed by atoms with Gasteiger partial charge in [-0.2, -0.15) is 0 Å². The largest absolute Gasteiger partial charge is 0.494 e. The molecule has 28 heavy (non-hydrogen) atoms. The number of nitrogens with one attached hydrogen (secondary N) is 1. The molecular weight excluding hydrogens is 361 g/mol. The van der Waals surface area contributed by atoms with E-state index < -0.39 is 0 Å². The van der Waals surface area contributed by atoms with E-state index in [1.807, 2.05) is 20.2 Å².